The van der Waals surface area contributed by atoms with E-state index in [0.29, 0.717) is 0 Å². The van der Waals surface area contributed by atoms with Crippen molar-refractivity contribution in [3.63, 3.8) is 0 Å². The van der Waals surface area contributed by atoms with Gasteiger partial charge in [0.2, 0.25) is 0 Å². The molecular formula is C8H10B. The van der Waals surface area contributed by atoms with Crippen LogP contribution in [0.1, 0.15) is 11.1 Å². The number of benzene rings is 1. The highest BCUT2D eigenvalue weighted by Crippen LogP contribution is 2.02. The van der Waals surface area contributed by atoms with Gasteiger partial charge in [0.1, 0.15) is 0 Å². The van der Waals surface area contributed by atoms with Crippen molar-refractivity contribution in [3.05, 3.63) is 35.4 Å². The lowest BCUT2D eigenvalue weighted by molar-refractivity contribution is 1.35. The molecule has 0 saturated heterocycles. The number of hydrogen-bond acceptors (Lipinski definition) is 0. The third-order valence-electron chi connectivity index (χ3n) is 1.37. The summed E-state index contributed by atoms with van der Waals surface area (Å²) < 4.78 is 0. The topological polar surface area (TPSA) is 0 Å². The van der Waals surface area contributed by atoms with Gasteiger partial charge in [0.05, 0.1) is 7.85 Å². The number of rotatable bonds is 1. The minimum absolute atomic E-state index is 0.891. The van der Waals surface area contributed by atoms with Crippen molar-refractivity contribution < 1.29 is 0 Å². The van der Waals surface area contributed by atoms with Gasteiger partial charge in [0.25, 0.3) is 0 Å². The molecule has 0 bridgehead atoms. The first kappa shape index (κ1) is 6.41. The molecule has 1 radical (unpaired) electrons. The Hall–Kier alpha value is -0.715. The van der Waals surface area contributed by atoms with E-state index in [1.807, 2.05) is 0 Å². The molecule has 9 heavy (non-hydrogen) atoms. The van der Waals surface area contributed by atoms with Crippen LogP contribution >= 0.6 is 0 Å². The number of hydrogen-bond donors (Lipinski definition) is 0. The average molecular weight is 117 g/mol. The van der Waals surface area contributed by atoms with Crippen LogP contribution in [-0.4, -0.2) is 7.85 Å². The van der Waals surface area contributed by atoms with Gasteiger partial charge in [-0.1, -0.05) is 41.7 Å². The molecule has 0 aliphatic heterocycles. The van der Waals surface area contributed by atoms with Crippen LogP contribution in [-0.2, 0) is 6.32 Å². The van der Waals surface area contributed by atoms with Crippen LogP contribution in [0, 0.1) is 6.92 Å². The molecule has 0 nitrogen and oxygen atoms in total. The van der Waals surface area contributed by atoms with Crippen molar-refractivity contribution in [2.45, 2.75) is 13.2 Å². The lowest BCUT2D eigenvalue weighted by Crippen LogP contribution is -1.82. The molecule has 45 valence electrons. The van der Waals surface area contributed by atoms with Gasteiger partial charge in [-0.05, 0) is 6.92 Å². The van der Waals surface area contributed by atoms with Crippen molar-refractivity contribution >= 4 is 7.85 Å². The van der Waals surface area contributed by atoms with Gasteiger partial charge < -0.3 is 0 Å². The predicted octanol–water partition coefficient (Wildman–Crippen LogP) is 1.40. The van der Waals surface area contributed by atoms with Crippen molar-refractivity contribution in [1.82, 2.24) is 0 Å². The van der Waals surface area contributed by atoms with Gasteiger partial charge in [-0.25, -0.2) is 0 Å². The zero-order valence-corrected chi connectivity index (χ0v) is 5.72. The summed E-state index contributed by atoms with van der Waals surface area (Å²) >= 11 is 0. The summed E-state index contributed by atoms with van der Waals surface area (Å²) in [6, 6.07) is 8.42. The maximum Gasteiger partial charge on any atom is 0.0925 e. The van der Waals surface area contributed by atoms with Crippen LogP contribution in [0.5, 0.6) is 0 Å². The van der Waals surface area contributed by atoms with Gasteiger partial charge >= 0.3 is 0 Å². The zero-order chi connectivity index (χ0) is 6.69. The Bertz CT molecular complexity index is 194. The summed E-state index contributed by atoms with van der Waals surface area (Å²) in [5, 5.41) is 0. The van der Waals surface area contributed by atoms with E-state index < -0.39 is 0 Å². The highest BCUT2D eigenvalue weighted by atomic mass is 13.9. The molecule has 1 aromatic carbocycles. The zero-order valence-electron chi connectivity index (χ0n) is 5.72. The first-order valence-corrected chi connectivity index (χ1v) is 3.17. The summed E-state index contributed by atoms with van der Waals surface area (Å²) in [6.07, 6.45) is 0.891. The third-order valence-corrected chi connectivity index (χ3v) is 1.37. The van der Waals surface area contributed by atoms with E-state index in [0.717, 1.165) is 6.32 Å². The molecule has 0 amide bonds. The molecule has 0 heterocycles. The molecule has 0 unspecified atom stereocenters. The molecule has 1 rings (SSSR count). The fourth-order valence-corrected chi connectivity index (χ4v) is 0.868. The third kappa shape index (κ3) is 1.60. The molecule has 0 saturated carbocycles. The van der Waals surface area contributed by atoms with Crippen molar-refractivity contribution in [1.29, 1.82) is 0 Å². The van der Waals surface area contributed by atoms with Crippen molar-refractivity contribution in [2.24, 2.45) is 0 Å². The van der Waals surface area contributed by atoms with Crippen molar-refractivity contribution in [2.75, 3.05) is 0 Å². The second-order valence-corrected chi connectivity index (χ2v) is 2.24. The largest absolute Gasteiger partial charge is 0.0925 e. The maximum absolute atomic E-state index is 3.80. The molecular weight excluding hydrogens is 107 g/mol. The molecule has 0 fully saturated rings. The summed E-state index contributed by atoms with van der Waals surface area (Å²) in [5.41, 5.74) is 2.63. The van der Waals surface area contributed by atoms with E-state index >= 15 is 0 Å². The van der Waals surface area contributed by atoms with Gasteiger partial charge in [0.15, 0.2) is 0 Å². The standard InChI is InChI=1S/C8H10B/c1-7-3-2-4-8(5-7)6-9/h2-5,9H,6H2,1H3. The minimum Gasteiger partial charge on any atom is -0.0618 e. The second-order valence-electron chi connectivity index (χ2n) is 2.24. The Morgan fingerprint density at radius 3 is 2.67 bits per heavy atom. The van der Waals surface area contributed by atoms with E-state index in [1.54, 1.807) is 0 Å². The Morgan fingerprint density at radius 2 is 2.22 bits per heavy atom. The summed E-state index contributed by atoms with van der Waals surface area (Å²) in [4.78, 5) is 0. The van der Waals surface area contributed by atoms with Crippen LogP contribution < -0.4 is 0 Å². The van der Waals surface area contributed by atoms with E-state index in [4.69, 9.17) is 0 Å². The summed E-state index contributed by atoms with van der Waals surface area (Å²) in [5.74, 6) is 0. The highest BCUT2D eigenvalue weighted by Gasteiger charge is 1.85. The summed E-state index contributed by atoms with van der Waals surface area (Å²) in [6.45, 7) is 2.10. The maximum atomic E-state index is 3.80. The summed E-state index contributed by atoms with van der Waals surface area (Å²) in [7, 11) is 3.80. The van der Waals surface area contributed by atoms with Crippen LogP contribution in [0.25, 0.3) is 0 Å². The van der Waals surface area contributed by atoms with E-state index in [9.17, 15) is 0 Å². The van der Waals surface area contributed by atoms with Gasteiger partial charge in [0, 0.05) is 0 Å². The van der Waals surface area contributed by atoms with E-state index in [2.05, 4.69) is 39.0 Å². The fraction of sp³-hybridized carbons (Fsp3) is 0.250. The molecule has 0 aliphatic rings. The number of aryl methyl sites for hydroxylation is 1. The highest BCUT2D eigenvalue weighted by molar-refractivity contribution is 6.08. The molecule has 0 aromatic heterocycles. The average Bonchev–Trinajstić information content (AvgIpc) is 1.88. The molecule has 1 heteroatoms. The lowest BCUT2D eigenvalue weighted by Gasteiger charge is -1.95. The normalized spacial score (nSPS) is 9.44. The van der Waals surface area contributed by atoms with Gasteiger partial charge in [-0.15, -0.1) is 0 Å². The molecule has 0 aliphatic carbocycles. The van der Waals surface area contributed by atoms with Crippen molar-refractivity contribution in [3.8, 4) is 0 Å². The molecule has 1 aromatic rings. The van der Waals surface area contributed by atoms with Crippen LogP contribution in [0.3, 0.4) is 0 Å². The Kier molecular flexibility index (Phi) is 1.94. The van der Waals surface area contributed by atoms with Gasteiger partial charge in [-0.2, -0.15) is 0 Å². The van der Waals surface area contributed by atoms with Gasteiger partial charge in [-0.3, -0.25) is 0 Å². The fourth-order valence-electron chi connectivity index (χ4n) is 0.868. The predicted molar refractivity (Wildman–Crippen MR) is 42.0 cm³/mol. The molecule has 0 atom stereocenters. The minimum atomic E-state index is 0.891. The monoisotopic (exact) mass is 117 g/mol. The second kappa shape index (κ2) is 2.72. The molecule has 0 spiro atoms. The Labute approximate surface area is 57.3 Å². The first-order chi connectivity index (χ1) is 4.33. The van der Waals surface area contributed by atoms with Crippen LogP contribution in [0.4, 0.5) is 0 Å². The first-order valence-electron chi connectivity index (χ1n) is 3.17. The van der Waals surface area contributed by atoms with Crippen LogP contribution in [0.15, 0.2) is 24.3 Å². The molecule has 0 N–H and O–H groups in total. The quantitative estimate of drug-likeness (QED) is 0.487. The Balaban J connectivity index is 2.94. The van der Waals surface area contributed by atoms with E-state index in [1.165, 1.54) is 11.1 Å². The SMILES string of the molecule is [BH]Cc1cccc(C)c1. The van der Waals surface area contributed by atoms with E-state index in [-0.39, 0.29) is 0 Å². The Morgan fingerprint density at radius 1 is 1.44 bits per heavy atom. The lowest BCUT2D eigenvalue weighted by atomic mass is 9.96. The van der Waals surface area contributed by atoms with Crippen LogP contribution in [0.2, 0.25) is 0 Å². The smallest absolute Gasteiger partial charge is 0.0618 e.